The molecule has 0 atom stereocenters. The molecule has 3 N–H and O–H groups in total. The minimum Gasteiger partial charge on any atom is -0.507 e. The zero-order valence-electron chi connectivity index (χ0n) is 16.8. The zero-order chi connectivity index (χ0) is 22.3. The molecule has 7 nitrogen and oxygen atoms in total. The van der Waals surface area contributed by atoms with E-state index < -0.39 is 5.91 Å². The molecule has 8 heteroatoms. The summed E-state index contributed by atoms with van der Waals surface area (Å²) in [4.78, 5) is 12.3. The van der Waals surface area contributed by atoms with Crippen LogP contribution in [0.4, 0.5) is 0 Å². The Bertz CT molecular complexity index is 1230. The molecule has 0 spiro atoms. The van der Waals surface area contributed by atoms with Gasteiger partial charge in [-0.1, -0.05) is 35.9 Å². The second-order valence-electron chi connectivity index (χ2n) is 6.86. The molecule has 160 valence electrons. The fraction of sp³-hybridized carbons (Fsp3) is 0.0417. The molecule has 0 saturated heterocycles. The van der Waals surface area contributed by atoms with Crippen molar-refractivity contribution in [2.45, 2.75) is 6.61 Å². The summed E-state index contributed by atoms with van der Waals surface area (Å²) in [6.45, 7) is 0.435. The standard InChI is InChI=1S/C24H19ClN4O3/c25-19-9-5-16(6-10-19)15-32-20-11-7-17(8-12-20)21-13-22(28-27-21)24(31)29-26-14-18-3-1-2-4-23(18)30/h1-14,30H,15H2,(H,27,28)(H,29,31)/b26-14-. The van der Waals surface area contributed by atoms with Crippen molar-refractivity contribution in [2.24, 2.45) is 5.10 Å². The molecule has 1 aromatic heterocycles. The minimum atomic E-state index is -0.446. The number of nitrogens with zero attached hydrogens (tertiary/aromatic N) is 2. The van der Waals surface area contributed by atoms with Crippen molar-refractivity contribution in [3.05, 3.63) is 101 Å². The maximum Gasteiger partial charge on any atom is 0.289 e. The molecule has 4 rings (SSSR count). The third-order valence-electron chi connectivity index (χ3n) is 4.60. The zero-order valence-corrected chi connectivity index (χ0v) is 17.6. The van der Waals surface area contributed by atoms with Gasteiger partial charge in [0.05, 0.1) is 11.9 Å². The van der Waals surface area contributed by atoms with Crippen LogP contribution in [0.1, 0.15) is 21.6 Å². The van der Waals surface area contributed by atoms with Gasteiger partial charge in [0, 0.05) is 16.1 Å². The lowest BCUT2D eigenvalue weighted by Crippen LogP contribution is -2.18. The van der Waals surface area contributed by atoms with E-state index in [2.05, 4.69) is 20.7 Å². The number of nitrogens with one attached hydrogen (secondary N) is 2. The number of aromatic hydroxyl groups is 1. The molecule has 0 fully saturated rings. The Kier molecular flexibility index (Phi) is 6.48. The normalized spacial score (nSPS) is 10.9. The maximum atomic E-state index is 12.3. The van der Waals surface area contributed by atoms with Crippen LogP contribution in [0.3, 0.4) is 0 Å². The first kappa shape index (κ1) is 21.1. The van der Waals surface area contributed by atoms with Gasteiger partial charge >= 0.3 is 0 Å². The topological polar surface area (TPSA) is 99.6 Å². The highest BCUT2D eigenvalue weighted by Gasteiger charge is 2.11. The number of aromatic nitrogens is 2. The fourth-order valence-electron chi connectivity index (χ4n) is 2.87. The predicted molar refractivity (Wildman–Crippen MR) is 123 cm³/mol. The monoisotopic (exact) mass is 446 g/mol. The Morgan fingerprint density at radius 2 is 1.84 bits per heavy atom. The number of rotatable bonds is 7. The van der Waals surface area contributed by atoms with Crippen molar-refractivity contribution < 1.29 is 14.6 Å². The molecule has 32 heavy (non-hydrogen) atoms. The number of para-hydroxylation sites is 1. The lowest BCUT2D eigenvalue weighted by Gasteiger charge is -2.07. The average Bonchev–Trinajstić information content (AvgIpc) is 3.31. The number of halogens is 1. The lowest BCUT2D eigenvalue weighted by atomic mass is 10.1. The number of carbonyl (C=O) groups excluding carboxylic acids is 1. The van der Waals surface area contributed by atoms with E-state index in [1.165, 1.54) is 6.21 Å². The molecular formula is C24H19ClN4O3. The van der Waals surface area contributed by atoms with E-state index in [0.29, 0.717) is 22.9 Å². The molecule has 0 aliphatic carbocycles. The van der Waals surface area contributed by atoms with Crippen molar-refractivity contribution in [3.63, 3.8) is 0 Å². The first-order chi connectivity index (χ1) is 15.6. The first-order valence-electron chi connectivity index (χ1n) is 9.73. The first-order valence-corrected chi connectivity index (χ1v) is 10.1. The highest BCUT2D eigenvalue weighted by atomic mass is 35.5. The molecule has 4 aromatic rings. The second kappa shape index (κ2) is 9.80. The van der Waals surface area contributed by atoms with Crippen LogP contribution >= 0.6 is 11.6 Å². The van der Waals surface area contributed by atoms with Crippen LogP contribution in [0, 0.1) is 0 Å². The molecule has 0 aliphatic rings. The number of ether oxygens (including phenoxy) is 1. The Morgan fingerprint density at radius 1 is 1.09 bits per heavy atom. The van der Waals surface area contributed by atoms with Crippen molar-refractivity contribution in [1.29, 1.82) is 0 Å². The molecule has 1 amide bonds. The summed E-state index contributed by atoms with van der Waals surface area (Å²) >= 11 is 5.89. The van der Waals surface area contributed by atoms with Crippen LogP contribution in [-0.4, -0.2) is 27.4 Å². The lowest BCUT2D eigenvalue weighted by molar-refractivity contribution is 0.0950. The van der Waals surface area contributed by atoms with E-state index in [1.807, 2.05) is 48.5 Å². The van der Waals surface area contributed by atoms with Crippen LogP contribution in [0.2, 0.25) is 5.02 Å². The fourth-order valence-corrected chi connectivity index (χ4v) is 3.00. The second-order valence-corrected chi connectivity index (χ2v) is 7.30. The summed E-state index contributed by atoms with van der Waals surface area (Å²) in [7, 11) is 0. The third-order valence-corrected chi connectivity index (χ3v) is 4.85. The number of aromatic amines is 1. The number of hydrogen-bond donors (Lipinski definition) is 3. The number of carbonyl (C=O) groups is 1. The summed E-state index contributed by atoms with van der Waals surface area (Å²) in [5.74, 6) is 0.351. The molecule has 0 aliphatic heterocycles. The quantitative estimate of drug-likeness (QED) is 0.281. The summed E-state index contributed by atoms with van der Waals surface area (Å²) in [5, 5.41) is 21.2. The van der Waals surface area contributed by atoms with Gasteiger partial charge in [0.1, 0.15) is 23.8 Å². The number of phenolic OH excluding ortho intramolecular Hbond substituents is 1. The molecule has 3 aromatic carbocycles. The van der Waals surface area contributed by atoms with Crippen LogP contribution in [-0.2, 0) is 6.61 Å². The van der Waals surface area contributed by atoms with Crippen molar-refractivity contribution in [3.8, 4) is 22.8 Å². The smallest absolute Gasteiger partial charge is 0.289 e. The maximum absolute atomic E-state index is 12.3. The Morgan fingerprint density at radius 3 is 2.59 bits per heavy atom. The van der Waals surface area contributed by atoms with Crippen molar-refractivity contribution in [2.75, 3.05) is 0 Å². The number of H-pyrrole nitrogens is 1. The van der Waals surface area contributed by atoms with Crippen molar-refractivity contribution >= 4 is 23.7 Å². The highest BCUT2D eigenvalue weighted by Crippen LogP contribution is 2.22. The number of phenols is 1. The van der Waals surface area contributed by atoms with Crippen LogP contribution in [0.25, 0.3) is 11.3 Å². The summed E-state index contributed by atoms with van der Waals surface area (Å²) in [6.07, 6.45) is 1.37. The van der Waals surface area contributed by atoms with Gasteiger partial charge in [-0.2, -0.15) is 10.2 Å². The third kappa shape index (κ3) is 5.33. The summed E-state index contributed by atoms with van der Waals surface area (Å²) < 4.78 is 5.79. The van der Waals surface area contributed by atoms with Gasteiger partial charge < -0.3 is 9.84 Å². The summed E-state index contributed by atoms with van der Waals surface area (Å²) in [5.41, 5.74) is 5.63. The van der Waals surface area contributed by atoms with Crippen molar-refractivity contribution in [1.82, 2.24) is 15.6 Å². The van der Waals surface area contributed by atoms with Gasteiger partial charge in [0.2, 0.25) is 0 Å². The summed E-state index contributed by atoms with van der Waals surface area (Å²) in [6, 6.07) is 23.2. The Labute approximate surface area is 189 Å². The van der Waals surface area contributed by atoms with Gasteiger partial charge in [-0.25, -0.2) is 5.43 Å². The van der Waals surface area contributed by atoms with E-state index in [4.69, 9.17) is 16.3 Å². The molecule has 0 bridgehead atoms. The van der Waals surface area contributed by atoms with Gasteiger partial charge in [0.25, 0.3) is 5.91 Å². The Hall–Kier alpha value is -4.10. The van der Waals surface area contributed by atoms with E-state index in [9.17, 15) is 9.90 Å². The molecule has 1 heterocycles. The van der Waals surface area contributed by atoms with Crippen LogP contribution < -0.4 is 10.2 Å². The van der Waals surface area contributed by atoms with E-state index in [-0.39, 0.29) is 11.4 Å². The number of hydrogen-bond acceptors (Lipinski definition) is 5. The SMILES string of the molecule is O=C(N/N=C\c1ccccc1O)c1cc(-c2ccc(OCc3ccc(Cl)cc3)cc2)n[nH]1. The largest absolute Gasteiger partial charge is 0.507 e. The van der Waals surface area contributed by atoms with Gasteiger partial charge in [-0.15, -0.1) is 0 Å². The van der Waals surface area contributed by atoms with Gasteiger partial charge in [0.15, 0.2) is 0 Å². The van der Waals surface area contributed by atoms with E-state index >= 15 is 0 Å². The number of amides is 1. The minimum absolute atomic E-state index is 0.0786. The molecule has 0 radical (unpaired) electrons. The molecular weight excluding hydrogens is 428 g/mol. The molecule has 0 saturated carbocycles. The van der Waals surface area contributed by atoms with Gasteiger partial charge in [-0.3, -0.25) is 9.89 Å². The number of benzene rings is 3. The molecule has 0 unspecified atom stereocenters. The van der Waals surface area contributed by atoms with E-state index in [0.717, 1.165) is 16.9 Å². The van der Waals surface area contributed by atoms with Crippen LogP contribution in [0.15, 0.2) is 84.0 Å². The average molecular weight is 447 g/mol. The number of hydrazone groups is 1. The Balaban J connectivity index is 1.34. The highest BCUT2D eigenvalue weighted by molar-refractivity contribution is 6.30. The predicted octanol–water partition coefficient (Wildman–Crippen LogP) is 4.78. The van der Waals surface area contributed by atoms with Gasteiger partial charge in [-0.05, 0) is 60.2 Å². The van der Waals surface area contributed by atoms with E-state index in [1.54, 1.807) is 30.3 Å². The van der Waals surface area contributed by atoms with Crippen LogP contribution in [0.5, 0.6) is 11.5 Å².